The van der Waals surface area contributed by atoms with Crippen molar-refractivity contribution in [1.29, 1.82) is 0 Å². The highest BCUT2D eigenvalue weighted by atomic mass is 32.2. The van der Waals surface area contributed by atoms with Crippen LogP contribution >= 0.6 is 23.5 Å². The van der Waals surface area contributed by atoms with E-state index >= 15 is 14.4 Å². The Labute approximate surface area is 676 Å². The summed E-state index contributed by atoms with van der Waals surface area (Å²) in [5.74, 6) is -12.2. The molecule has 2 aromatic heterocycles. The summed E-state index contributed by atoms with van der Waals surface area (Å²) in [6.45, 7) is 9.35. The van der Waals surface area contributed by atoms with E-state index in [0.717, 1.165) is 24.5 Å². The minimum absolute atomic E-state index is 0.0374. The van der Waals surface area contributed by atoms with Crippen LogP contribution in [0.3, 0.4) is 0 Å². The minimum Gasteiger partial charge on any atom is -0.508 e. The zero-order valence-electron chi connectivity index (χ0n) is 65.6. The molecule has 1 aliphatic heterocycles. The van der Waals surface area contributed by atoms with Crippen LogP contribution in [0.5, 0.6) is 11.5 Å². The number of aliphatic hydroxyl groups is 2. The molecule has 12 amide bonds. The smallest absolute Gasteiger partial charge is 0.303 e. The molecule has 3 heterocycles. The zero-order chi connectivity index (χ0) is 84.1. The predicted octanol–water partition coefficient (Wildman–Crippen LogP) is 1.57. The number of phenols is 2. The summed E-state index contributed by atoms with van der Waals surface area (Å²) in [4.78, 5) is 195. The van der Waals surface area contributed by atoms with E-state index in [1.165, 1.54) is 91.4 Å². The van der Waals surface area contributed by atoms with Gasteiger partial charge in [0.2, 0.25) is 70.9 Å². The van der Waals surface area contributed by atoms with Gasteiger partial charge in [-0.2, -0.15) is 23.5 Å². The van der Waals surface area contributed by atoms with Crippen LogP contribution in [-0.4, -0.2) is 209 Å². The molecular formula is C80H111N15O18S2. The van der Waals surface area contributed by atoms with Crippen LogP contribution in [-0.2, 0) is 93.1 Å². The van der Waals surface area contributed by atoms with E-state index in [2.05, 4.69) is 68.5 Å². The summed E-state index contributed by atoms with van der Waals surface area (Å²) in [6.07, 6.45) is 1.26. The Morgan fingerprint density at radius 2 is 1.05 bits per heavy atom. The number of aliphatic hydroxyl groups excluding tert-OH is 2. The second-order valence-corrected chi connectivity index (χ2v) is 32.5. The number of nitrogens with two attached hydrogens (primary N) is 2. The highest BCUT2D eigenvalue weighted by Crippen LogP contribution is 2.29. The fourth-order valence-electron chi connectivity index (χ4n) is 13.5. The molecule has 2 bridgehead atoms. The first-order valence-corrected chi connectivity index (χ1v) is 41.1. The molecule has 1 aliphatic carbocycles. The number of carboxylic acid groups (broad SMARTS) is 1. The number of benzene rings is 3. The van der Waals surface area contributed by atoms with E-state index in [0.29, 0.717) is 71.3 Å². The number of amides is 12. The van der Waals surface area contributed by atoms with Crippen molar-refractivity contribution in [1.82, 2.24) is 68.5 Å². The number of H-pyrrole nitrogens is 1. The Balaban J connectivity index is 1.26. The van der Waals surface area contributed by atoms with Gasteiger partial charge in [-0.15, -0.1) is 0 Å². The van der Waals surface area contributed by atoms with Gasteiger partial charge in [-0.1, -0.05) is 102 Å². The molecule has 0 saturated heterocycles. The summed E-state index contributed by atoms with van der Waals surface area (Å²) >= 11 is 2.68. The molecule has 35 heteroatoms. The maximum Gasteiger partial charge on any atom is 0.303 e. The number of aromatic hydroxyl groups is 2. The summed E-state index contributed by atoms with van der Waals surface area (Å²) in [5, 5.41) is 82.8. The lowest BCUT2D eigenvalue weighted by molar-refractivity contribution is -0.139. The van der Waals surface area contributed by atoms with E-state index in [-0.39, 0.29) is 80.9 Å². The Morgan fingerprint density at radius 3 is 1.60 bits per heavy atom. The van der Waals surface area contributed by atoms with Crippen molar-refractivity contribution in [2.75, 3.05) is 18.1 Å². The molecule has 13 atom stereocenters. The second kappa shape index (κ2) is 45.1. The molecule has 626 valence electrons. The number of aromatic amines is 1. The van der Waals surface area contributed by atoms with Crippen LogP contribution in [0.1, 0.15) is 153 Å². The first-order valence-electron chi connectivity index (χ1n) is 38.8. The van der Waals surface area contributed by atoms with E-state index < -0.39 is 180 Å². The molecule has 1 fully saturated rings. The lowest BCUT2D eigenvalue weighted by atomic mass is 9.83. The molecule has 5 aromatic rings. The highest BCUT2D eigenvalue weighted by molar-refractivity contribution is 7.98. The van der Waals surface area contributed by atoms with Crippen molar-refractivity contribution in [2.24, 2.45) is 22.8 Å². The van der Waals surface area contributed by atoms with Crippen molar-refractivity contribution in [3.63, 3.8) is 0 Å². The fraction of sp³-hybridized carbons (Fsp3) is 0.525. The first kappa shape index (κ1) is 91.8. The number of fused-ring (bicyclic) bond motifs is 3. The second-order valence-electron chi connectivity index (χ2n) is 30.3. The number of carboxylic acids is 1. The third-order valence-electron chi connectivity index (χ3n) is 19.9. The number of unbranched alkanes of at least 4 members (excludes halogenated alkanes) is 1. The number of hydrogen-bond acceptors (Lipinski definition) is 21. The zero-order valence-corrected chi connectivity index (χ0v) is 67.3. The molecule has 1 saturated carbocycles. The van der Waals surface area contributed by atoms with Gasteiger partial charge in [0, 0.05) is 72.9 Å². The van der Waals surface area contributed by atoms with Crippen molar-refractivity contribution in [2.45, 2.75) is 234 Å². The molecule has 33 nitrogen and oxygen atoms in total. The average Bonchev–Trinajstić information content (AvgIpc) is 1.73. The van der Waals surface area contributed by atoms with Crippen LogP contribution in [0.25, 0.3) is 11.0 Å². The molecule has 0 spiro atoms. The third-order valence-corrected chi connectivity index (χ3v) is 22.0. The van der Waals surface area contributed by atoms with Gasteiger partial charge in [-0.25, -0.2) is 4.98 Å². The van der Waals surface area contributed by atoms with Crippen LogP contribution in [0, 0.1) is 11.3 Å². The number of aliphatic carboxylic acids is 1. The van der Waals surface area contributed by atoms with Gasteiger partial charge >= 0.3 is 5.97 Å². The monoisotopic (exact) mass is 1630 g/mol. The summed E-state index contributed by atoms with van der Waals surface area (Å²) in [5.41, 5.74) is 14.2. The molecule has 115 heavy (non-hydrogen) atoms. The average molecular weight is 1630 g/mol. The topological polar surface area (TPSA) is 536 Å². The minimum atomic E-state index is -1.95. The Bertz CT molecular complexity index is 4160. The van der Waals surface area contributed by atoms with E-state index in [4.69, 9.17) is 11.5 Å². The summed E-state index contributed by atoms with van der Waals surface area (Å²) in [7, 11) is 0. The number of carbonyl (C=O) groups excluding carboxylic acids is 12. The quantitative estimate of drug-likeness (QED) is 0.0522. The van der Waals surface area contributed by atoms with Crippen molar-refractivity contribution < 1.29 is 87.9 Å². The van der Waals surface area contributed by atoms with Crippen molar-refractivity contribution >= 4 is 111 Å². The number of pyridine rings is 1. The van der Waals surface area contributed by atoms with Gasteiger partial charge in [-0.05, 0) is 141 Å². The number of hydrogen-bond donors (Lipinski definition) is 19. The fourth-order valence-corrected chi connectivity index (χ4v) is 15.4. The van der Waals surface area contributed by atoms with E-state index in [1.54, 1.807) is 39.8 Å². The Morgan fingerprint density at radius 1 is 0.557 bits per heavy atom. The number of phenolic OH excluding ortho intramolecular Hbond substituents is 2. The SMILES string of the molecule is CCC[C@@H]1NC(=O)[C@H](Cc2c[nH]c3ncccc23)NC(=O)[C@H]([C@@H](C)O)NC(=O)[C@H](CCC(=O)O)NC(=O)[C@H](Cc2ccc(O)cc2)NC(=O)[C@H](C(C)(C)C)NC(=O)CCSCc2cccc(c2)CSC[C@@H](C(N)=O)NC(=O)[C@H]([C@@H](C)O)NC(=O)[C@H](C2CCCCC2)NC(=O)[C@H](Cc2ccc(O)cc2)NC(=O)[C@H](CCCCN)NC1=O. The Hall–Kier alpha value is -10.4. The van der Waals surface area contributed by atoms with Gasteiger partial charge in [0.1, 0.15) is 83.6 Å². The van der Waals surface area contributed by atoms with E-state index in [9.17, 15) is 73.5 Å². The number of nitrogens with zero attached hydrogens (tertiary/aromatic N) is 1. The summed E-state index contributed by atoms with van der Waals surface area (Å²) in [6, 6.07) is 5.18. The number of rotatable bonds is 19. The van der Waals surface area contributed by atoms with Gasteiger partial charge in [0.05, 0.1) is 12.2 Å². The van der Waals surface area contributed by atoms with Crippen molar-refractivity contribution in [3.8, 4) is 11.5 Å². The normalized spacial score (nSPS) is 24.3. The molecule has 0 unspecified atom stereocenters. The standard InChI is InChI=1S/C80H111N15O18S2/c1-7-15-55-70(104)86-56(21-11-12-33-81)71(105)88-59(38-47-24-28-53(99)29-25-47)75(109)95-66(50-18-9-8-10-19-50)78(112)94-65(45(3)97)77(111)91-61(68(82)103)43-115-42-49-17-13-16-48(36-49)41-114-35-32-62(100)92-67(80(4,5)6)79(113)90-58(37-46-22-26-52(98)27-23-46)73(107)87-57(30-31-63(101)102)72(106)93-64(44(2)96)76(110)89-60(74(108)85-55)39-51-40-84-69-54(51)20-14-34-83-69/h13-14,16-17,20,22-29,34,36,40,44-45,50,55-61,64-67,96-99H,7-12,15,18-19,21,30-33,35,37-39,41-43,81H2,1-6H3,(H2,82,103)(H,83,84)(H,85,108)(H,86,104)(H,87,107)(H,88,105)(H,89,110)(H,90,113)(H,91,111)(H,92,100)(H,93,106)(H,94,112)(H,95,109)(H,101,102)/t44-,45-,55+,56+,57+,58+,59+,60+,61+,64+,65+,66+,67-/m1/s1. The predicted molar refractivity (Wildman–Crippen MR) is 431 cm³/mol. The first-order chi connectivity index (χ1) is 54.7. The van der Waals surface area contributed by atoms with Gasteiger partial charge in [0.15, 0.2) is 0 Å². The summed E-state index contributed by atoms with van der Waals surface area (Å²) < 4.78 is 0. The third kappa shape index (κ3) is 29.2. The van der Waals surface area contributed by atoms with Crippen LogP contribution < -0.4 is 70.0 Å². The van der Waals surface area contributed by atoms with Crippen LogP contribution in [0.2, 0.25) is 0 Å². The molecular weight excluding hydrogens is 1520 g/mol. The lowest BCUT2D eigenvalue weighted by Crippen LogP contribution is -2.63. The lowest BCUT2D eigenvalue weighted by Gasteiger charge is -2.33. The van der Waals surface area contributed by atoms with E-state index in [1.807, 2.05) is 24.3 Å². The number of carbonyl (C=O) groups is 13. The molecule has 21 N–H and O–H groups in total. The van der Waals surface area contributed by atoms with Crippen molar-refractivity contribution in [3.05, 3.63) is 125 Å². The molecule has 7 rings (SSSR count). The molecule has 0 radical (unpaired) electrons. The molecule has 2 aliphatic rings. The Kier molecular flexibility index (Phi) is 36.0. The van der Waals surface area contributed by atoms with Crippen LogP contribution in [0.15, 0.2) is 97.3 Å². The number of nitrogens with one attached hydrogen (secondary N) is 12. The molecule has 3 aromatic carbocycles. The number of primary amides is 1. The maximum atomic E-state index is 15.1. The maximum absolute atomic E-state index is 15.1. The van der Waals surface area contributed by atoms with Crippen LogP contribution in [0.4, 0.5) is 0 Å². The van der Waals surface area contributed by atoms with Gasteiger partial charge < -0.3 is 100 Å². The number of thioether (sulfide) groups is 2. The largest absolute Gasteiger partial charge is 0.508 e. The van der Waals surface area contributed by atoms with Gasteiger partial charge in [-0.3, -0.25) is 62.3 Å². The highest BCUT2D eigenvalue weighted by Gasteiger charge is 2.41. The van der Waals surface area contributed by atoms with Gasteiger partial charge in [0.25, 0.3) is 0 Å². The number of aromatic nitrogens is 2.